The number of ether oxygens (including phenoxy) is 1. The van der Waals surface area contributed by atoms with Crippen molar-refractivity contribution in [3.63, 3.8) is 0 Å². The molecule has 20 heavy (non-hydrogen) atoms. The van der Waals surface area contributed by atoms with Crippen LogP contribution in [-0.4, -0.2) is 18.6 Å². The predicted molar refractivity (Wildman–Crippen MR) is 84.7 cm³/mol. The van der Waals surface area contributed by atoms with Crippen LogP contribution in [0.25, 0.3) is 0 Å². The van der Waals surface area contributed by atoms with Gasteiger partial charge in [0.25, 0.3) is 0 Å². The molecule has 0 aliphatic carbocycles. The lowest BCUT2D eigenvalue weighted by atomic mass is 9.98. The van der Waals surface area contributed by atoms with Gasteiger partial charge in [-0.3, -0.25) is 4.98 Å². The Morgan fingerprint density at radius 3 is 2.75 bits per heavy atom. The summed E-state index contributed by atoms with van der Waals surface area (Å²) in [5, 5.41) is 3.60. The molecule has 0 spiro atoms. The van der Waals surface area contributed by atoms with E-state index >= 15 is 0 Å². The van der Waals surface area contributed by atoms with Crippen molar-refractivity contribution in [1.82, 2.24) is 10.3 Å². The molecule has 0 aliphatic rings. The second kappa shape index (κ2) is 6.86. The van der Waals surface area contributed by atoms with Gasteiger partial charge < -0.3 is 10.1 Å². The van der Waals surface area contributed by atoms with Crippen molar-refractivity contribution in [1.29, 1.82) is 0 Å². The molecular formula is C16H22N2OS. The van der Waals surface area contributed by atoms with E-state index in [1.54, 1.807) is 18.4 Å². The zero-order chi connectivity index (χ0) is 14.5. The van der Waals surface area contributed by atoms with E-state index in [2.05, 4.69) is 43.2 Å². The molecule has 0 fully saturated rings. The number of aryl methyl sites for hydroxylation is 1. The first kappa shape index (κ1) is 15.0. The zero-order valence-electron chi connectivity index (χ0n) is 12.6. The van der Waals surface area contributed by atoms with Gasteiger partial charge in [-0.1, -0.05) is 19.1 Å². The highest BCUT2D eigenvalue weighted by Crippen LogP contribution is 2.35. The van der Waals surface area contributed by atoms with Crippen LogP contribution in [0.1, 0.15) is 41.0 Å². The molecule has 1 atom stereocenters. The summed E-state index contributed by atoms with van der Waals surface area (Å²) in [6.45, 7) is 7.37. The minimum Gasteiger partial charge on any atom is -0.496 e. The molecule has 108 valence electrons. The van der Waals surface area contributed by atoms with Gasteiger partial charge in [-0.25, -0.2) is 0 Å². The SMILES string of the molecule is CCCNC(c1cncs1)c1ccc(C)c(C)c1OC. The van der Waals surface area contributed by atoms with E-state index in [0.29, 0.717) is 0 Å². The average Bonchev–Trinajstić information content (AvgIpc) is 2.97. The van der Waals surface area contributed by atoms with Crippen molar-refractivity contribution < 1.29 is 4.74 Å². The van der Waals surface area contributed by atoms with Crippen LogP contribution < -0.4 is 10.1 Å². The lowest BCUT2D eigenvalue weighted by Gasteiger charge is -2.22. The van der Waals surface area contributed by atoms with Gasteiger partial charge in [0.15, 0.2) is 0 Å². The first-order valence-corrected chi connectivity index (χ1v) is 7.82. The highest BCUT2D eigenvalue weighted by Gasteiger charge is 2.20. The maximum atomic E-state index is 5.66. The van der Waals surface area contributed by atoms with Crippen molar-refractivity contribution in [2.45, 2.75) is 33.2 Å². The van der Waals surface area contributed by atoms with Crippen LogP contribution in [0.2, 0.25) is 0 Å². The van der Waals surface area contributed by atoms with Crippen LogP contribution >= 0.6 is 11.3 Å². The number of hydrogen-bond donors (Lipinski definition) is 1. The van der Waals surface area contributed by atoms with E-state index in [4.69, 9.17) is 4.74 Å². The van der Waals surface area contributed by atoms with Gasteiger partial charge in [0.2, 0.25) is 0 Å². The largest absolute Gasteiger partial charge is 0.496 e. The summed E-state index contributed by atoms with van der Waals surface area (Å²) in [5.74, 6) is 0.979. The minimum absolute atomic E-state index is 0.150. The smallest absolute Gasteiger partial charge is 0.127 e. The molecule has 1 unspecified atom stereocenters. The van der Waals surface area contributed by atoms with Crippen LogP contribution in [-0.2, 0) is 0 Å². The fourth-order valence-electron chi connectivity index (χ4n) is 2.33. The number of aromatic nitrogens is 1. The number of benzene rings is 1. The van der Waals surface area contributed by atoms with Crippen molar-refractivity contribution >= 4 is 11.3 Å². The van der Waals surface area contributed by atoms with Gasteiger partial charge in [0.05, 0.1) is 18.7 Å². The molecule has 1 aromatic heterocycles. The molecule has 1 heterocycles. The van der Waals surface area contributed by atoms with Gasteiger partial charge in [0, 0.05) is 16.6 Å². The summed E-state index contributed by atoms with van der Waals surface area (Å²) >= 11 is 1.68. The Bertz CT molecular complexity index is 552. The Morgan fingerprint density at radius 1 is 1.35 bits per heavy atom. The van der Waals surface area contributed by atoms with Crippen LogP contribution in [0.3, 0.4) is 0 Å². The number of nitrogens with one attached hydrogen (secondary N) is 1. The Hall–Kier alpha value is -1.39. The highest BCUT2D eigenvalue weighted by atomic mass is 32.1. The second-order valence-corrected chi connectivity index (χ2v) is 5.84. The van der Waals surface area contributed by atoms with Gasteiger partial charge in [-0.2, -0.15) is 0 Å². The Balaban J connectivity index is 2.46. The van der Waals surface area contributed by atoms with E-state index in [0.717, 1.165) is 18.7 Å². The third-order valence-electron chi connectivity index (χ3n) is 3.56. The lowest BCUT2D eigenvalue weighted by Crippen LogP contribution is -2.23. The van der Waals surface area contributed by atoms with Gasteiger partial charge in [-0.05, 0) is 37.9 Å². The van der Waals surface area contributed by atoms with Crippen LogP contribution in [0.4, 0.5) is 0 Å². The molecule has 0 bridgehead atoms. The van der Waals surface area contributed by atoms with Crippen molar-refractivity contribution in [2.75, 3.05) is 13.7 Å². The average molecular weight is 290 g/mol. The normalized spacial score (nSPS) is 12.4. The zero-order valence-corrected chi connectivity index (χ0v) is 13.4. The van der Waals surface area contributed by atoms with E-state index in [-0.39, 0.29) is 6.04 Å². The van der Waals surface area contributed by atoms with E-state index in [9.17, 15) is 0 Å². The number of thiazole rings is 1. The molecule has 2 aromatic rings. The molecule has 2 rings (SSSR count). The summed E-state index contributed by atoms with van der Waals surface area (Å²) < 4.78 is 5.66. The maximum Gasteiger partial charge on any atom is 0.127 e. The molecule has 0 saturated carbocycles. The van der Waals surface area contributed by atoms with Crippen LogP contribution in [0.15, 0.2) is 23.8 Å². The fourth-order valence-corrected chi connectivity index (χ4v) is 3.04. The second-order valence-electron chi connectivity index (χ2n) is 4.92. The molecule has 0 saturated heterocycles. The lowest BCUT2D eigenvalue weighted by molar-refractivity contribution is 0.400. The monoisotopic (exact) mass is 290 g/mol. The van der Waals surface area contributed by atoms with Crippen LogP contribution in [0, 0.1) is 13.8 Å². The summed E-state index contributed by atoms with van der Waals surface area (Å²) in [6, 6.07) is 4.47. The minimum atomic E-state index is 0.150. The van der Waals surface area contributed by atoms with Gasteiger partial charge >= 0.3 is 0 Å². The highest BCUT2D eigenvalue weighted by molar-refractivity contribution is 7.09. The van der Waals surface area contributed by atoms with E-state index < -0.39 is 0 Å². The summed E-state index contributed by atoms with van der Waals surface area (Å²) in [6.07, 6.45) is 3.04. The maximum absolute atomic E-state index is 5.66. The molecule has 0 amide bonds. The summed E-state index contributed by atoms with van der Waals surface area (Å²) in [4.78, 5) is 5.43. The van der Waals surface area contributed by atoms with E-state index in [1.807, 2.05) is 11.7 Å². The molecule has 1 N–H and O–H groups in total. The molecule has 4 heteroatoms. The quantitative estimate of drug-likeness (QED) is 0.877. The number of methoxy groups -OCH3 is 1. The number of hydrogen-bond acceptors (Lipinski definition) is 4. The predicted octanol–water partition coefficient (Wildman–Crippen LogP) is 3.86. The topological polar surface area (TPSA) is 34.2 Å². The summed E-state index contributed by atoms with van der Waals surface area (Å²) in [5.41, 5.74) is 5.53. The molecule has 3 nitrogen and oxygen atoms in total. The number of nitrogens with zero attached hydrogens (tertiary/aromatic N) is 1. The van der Waals surface area contributed by atoms with E-state index in [1.165, 1.54) is 21.6 Å². The third kappa shape index (κ3) is 3.02. The van der Waals surface area contributed by atoms with Crippen LogP contribution in [0.5, 0.6) is 5.75 Å². The first-order chi connectivity index (χ1) is 9.69. The fraction of sp³-hybridized carbons (Fsp3) is 0.438. The molecule has 0 aliphatic heterocycles. The molecule has 1 aromatic carbocycles. The Kier molecular flexibility index (Phi) is 5.15. The van der Waals surface area contributed by atoms with Gasteiger partial charge in [0.1, 0.15) is 5.75 Å². The molecule has 0 radical (unpaired) electrons. The van der Waals surface area contributed by atoms with Crippen molar-refractivity contribution in [3.8, 4) is 5.75 Å². The third-order valence-corrected chi connectivity index (χ3v) is 4.40. The molecular weight excluding hydrogens is 268 g/mol. The van der Waals surface area contributed by atoms with Gasteiger partial charge in [-0.15, -0.1) is 11.3 Å². The standard InChI is InChI=1S/C16H22N2OS/c1-5-8-18-15(14-9-17-10-20-14)13-7-6-11(2)12(3)16(13)19-4/h6-7,9-10,15,18H,5,8H2,1-4H3. The first-order valence-electron chi connectivity index (χ1n) is 6.94. The number of rotatable bonds is 6. The Morgan fingerprint density at radius 2 is 2.15 bits per heavy atom. The summed E-state index contributed by atoms with van der Waals surface area (Å²) in [7, 11) is 1.74. The van der Waals surface area contributed by atoms with Crippen molar-refractivity contribution in [3.05, 3.63) is 45.4 Å². The van der Waals surface area contributed by atoms with Crippen molar-refractivity contribution in [2.24, 2.45) is 0 Å². The Labute approximate surface area is 125 Å².